The Morgan fingerprint density at radius 3 is 1.11 bits per heavy atom. The molecular weight excluding hydrogens is 892 g/mol. The zero-order chi connectivity index (χ0) is 47.5. The van der Waals surface area contributed by atoms with Gasteiger partial charge < -0.3 is 27.7 Å². The molecule has 73 heavy (non-hydrogen) atoms. The van der Waals surface area contributed by atoms with Gasteiger partial charge in [0.05, 0.1) is 55.5 Å². The smallest absolute Gasteiger partial charge is 0.260 e. The summed E-state index contributed by atoms with van der Waals surface area (Å²) in [5.41, 5.74) is 16.7. The number of fused-ring (bicyclic) bond motifs is 18. The van der Waals surface area contributed by atoms with Crippen LogP contribution in [0.15, 0.2) is 237 Å². The summed E-state index contributed by atoms with van der Waals surface area (Å²) in [7, 11) is 0. The van der Waals surface area contributed by atoms with Gasteiger partial charge in [-0.05, 0) is 95.9 Å². The fourth-order valence-electron chi connectivity index (χ4n) is 13.0. The average molecular weight is 931 g/mol. The Morgan fingerprint density at radius 2 is 0.658 bits per heavy atom. The van der Waals surface area contributed by atoms with Gasteiger partial charge in [-0.1, -0.05) is 152 Å². The van der Waals surface area contributed by atoms with E-state index in [1.165, 1.54) is 65.2 Å². The summed E-state index contributed by atoms with van der Waals surface area (Å²) in [6, 6.07) is 85.6. The van der Waals surface area contributed by atoms with E-state index in [-0.39, 0.29) is 6.71 Å². The Balaban J connectivity index is 0.912. The SMILES string of the molecule is c1ccc(-n2c3ccccc3c3ccc4c(c5ccccc5n4-c4cccc5c4Oc4cccc6c4B5c4cccc(-n5c7ccccc7c7c5ccc5c8ccccc8n(-c8ccccc8)c57)c4O6)c32)cc1. The minimum absolute atomic E-state index is 0.167. The molecule has 0 radical (unpaired) electrons. The zero-order valence-electron chi connectivity index (χ0n) is 39.2. The number of nitrogens with zero attached hydrogens (tertiary/aromatic N) is 4. The quantitative estimate of drug-likeness (QED) is 0.165. The number of para-hydroxylation sites is 8. The summed E-state index contributed by atoms with van der Waals surface area (Å²) in [6.07, 6.45) is 0. The molecule has 4 aromatic heterocycles. The van der Waals surface area contributed by atoms with Crippen molar-refractivity contribution >= 4 is 110 Å². The molecule has 6 heterocycles. The molecular formula is C66H39BN4O2. The number of hydrogen-bond acceptors (Lipinski definition) is 2. The first-order valence-electron chi connectivity index (χ1n) is 25.0. The van der Waals surface area contributed by atoms with Crippen molar-refractivity contribution in [1.82, 2.24) is 18.3 Å². The van der Waals surface area contributed by atoms with E-state index in [0.29, 0.717) is 0 Å². The van der Waals surface area contributed by atoms with Gasteiger partial charge in [0.15, 0.2) is 0 Å². The number of rotatable bonds is 4. The predicted molar refractivity (Wildman–Crippen MR) is 301 cm³/mol. The standard InChI is InChI=1S/C66H39BN4O2/c1-3-18-40(19-4-1)68-50-28-11-7-22-42(50)44-36-38-54-60(63(44)68)46-24-9-13-30-52(46)70(54)56-32-15-26-48-65(56)72-58-34-17-35-59-62(58)67(48)49-27-16-33-57(66(49)73-59)71-53-31-14-10-25-47(53)61-55(71)39-37-45-43-23-8-12-29-51(43)69(64(45)61)41-20-5-2-6-21-41/h1-39H. The highest BCUT2D eigenvalue weighted by Crippen LogP contribution is 2.47. The first-order chi connectivity index (χ1) is 36.3. The van der Waals surface area contributed by atoms with Crippen LogP contribution in [0.4, 0.5) is 0 Å². The Morgan fingerprint density at radius 1 is 0.274 bits per heavy atom. The highest BCUT2D eigenvalue weighted by Gasteiger charge is 2.42. The van der Waals surface area contributed by atoms with Crippen LogP contribution in [0.25, 0.3) is 110 Å². The maximum absolute atomic E-state index is 7.24. The first kappa shape index (κ1) is 39.1. The molecule has 11 aromatic carbocycles. The second-order valence-corrected chi connectivity index (χ2v) is 19.5. The van der Waals surface area contributed by atoms with Gasteiger partial charge in [0.25, 0.3) is 6.71 Å². The van der Waals surface area contributed by atoms with E-state index in [9.17, 15) is 0 Å². The summed E-state index contributed by atoms with van der Waals surface area (Å²) in [4.78, 5) is 0. The fraction of sp³-hybridized carbons (Fsp3) is 0. The summed E-state index contributed by atoms with van der Waals surface area (Å²) in [5, 5.41) is 9.70. The van der Waals surface area contributed by atoms with Gasteiger partial charge in [0.2, 0.25) is 0 Å². The van der Waals surface area contributed by atoms with Gasteiger partial charge in [0, 0.05) is 59.9 Å². The van der Waals surface area contributed by atoms with Gasteiger partial charge in [-0.2, -0.15) is 0 Å². The van der Waals surface area contributed by atoms with Crippen molar-refractivity contribution in [1.29, 1.82) is 0 Å². The van der Waals surface area contributed by atoms with Crippen LogP contribution in [0.2, 0.25) is 0 Å². The second-order valence-electron chi connectivity index (χ2n) is 19.5. The Labute approximate surface area is 418 Å². The molecule has 7 heteroatoms. The Hall–Kier alpha value is -9.72. The van der Waals surface area contributed by atoms with Gasteiger partial charge >= 0.3 is 0 Å². The lowest BCUT2D eigenvalue weighted by molar-refractivity contribution is 0.462. The van der Waals surface area contributed by atoms with Crippen LogP contribution in [0.5, 0.6) is 23.0 Å². The fourth-order valence-corrected chi connectivity index (χ4v) is 13.0. The number of aromatic nitrogens is 4. The highest BCUT2D eigenvalue weighted by atomic mass is 16.5. The molecule has 0 saturated heterocycles. The Kier molecular flexibility index (Phi) is 7.73. The van der Waals surface area contributed by atoms with E-state index in [1.807, 2.05) is 0 Å². The van der Waals surface area contributed by atoms with Crippen molar-refractivity contribution in [2.45, 2.75) is 0 Å². The van der Waals surface area contributed by atoms with Crippen LogP contribution in [0.1, 0.15) is 0 Å². The third-order valence-electron chi connectivity index (χ3n) is 15.9. The molecule has 6 nitrogen and oxygen atoms in total. The van der Waals surface area contributed by atoms with E-state index >= 15 is 0 Å². The second kappa shape index (κ2) is 14.4. The number of hydrogen-bond donors (Lipinski definition) is 0. The van der Waals surface area contributed by atoms with Crippen molar-refractivity contribution in [2.24, 2.45) is 0 Å². The van der Waals surface area contributed by atoms with E-state index in [4.69, 9.17) is 9.47 Å². The topological polar surface area (TPSA) is 38.2 Å². The molecule has 0 spiro atoms. The van der Waals surface area contributed by atoms with Gasteiger partial charge in [-0.3, -0.25) is 0 Å². The first-order valence-corrected chi connectivity index (χ1v) is 25.0. The van der Waals surface area contributed by atoms with Crippen molar-refractivity contribution in [2.75, 3.05) is 0 Å². The lowest BCUT2D eigenvalue weighted by Crippen LogP contribution is -2.57. The average Bonchev–Trinajstić information content (AvgIpc) is 4.20. The largest absolute Gasteiger partial charge is 0.456 e. The highest BCUT2D eigenvalue weighted by molar-refractivity contribution is 6.98. The molecule has 0 fully saturated rings. The summed E-state index contributed by atoms with van der Waals surface area (Å²) in [6.45, 7) is -0.167. The molecule has 17 rings (SSSR count). The van der Waals surface area contributed by atoms with Crippen molar-refractivity contribution in [3.05, 3.63) is 237 Å². The van der Waals surface area contributed by atoms with Crippen LogP contribution in [0, 0.1) is 0 Å². The van der Waals surface area contributed by atoms with E-state index < -0.39 is 0 Å². The van der Waals surface area contributed by atoms with E-state index in [2.05, 4.69) is 255 Å². The molecule has 338 valence electrons. The van der Waals surface area contributed by atoms with Crippen LogP contribution in [-0.2, 0) is 0 Å². The maximum atomic E-state index is 7.24. The number of benzene rings is 11. The number of ether oxygens (including phenoxy) is 2. The van der Waals surface area contributed by atoms with Gasteiger partial charge in [-0.25, -0.2) is 0 Å². The van der Waals surface area contributed by atoms with Crippen molar-refractivity contribution in [3.8, 4) is 45.7 Å². The summed E-state index contributed by atoms with van der Waals surface area (Å²) in [5.74, 6) is 3.29. The molecule has 0 bridgehead atoms. The minimum atomic E-state index is -0.167. The van der Waals surface area contributed by atoms with E-state index in [1.54, 1.807) is 0 Å². The molecule has 0 amide bonds. The molecule has 0 atom stereocenters. The predicted octanol–water partition coefficient (Wildman–Crippen LogP) is 14.8. The molecule has 0 N–H and O–H groups in total. The normalized spacial score (nSPS) is 12.8. The molecule has 2 aliphatic rings. The lowest BCUT2D eigenvalue weighted by Gasteiger charge is -2.34. The molecule has 0 aliphatic carbocycles. The van der Waals surface area contributed by atoms with Gasteiger partial charge in [0.1, 0.15) is 23.0 Å². The van der Waals surface area contributed by atoms with E-state index in [0.717, 1.165) is 84.2 Å². The van der Waals surface area contributed by atoms with Crippen LogP contribution in [0.3, 0.4) is 0 Å². The van der Waals surface area contributed by atoms with Crippen molar-refractivity contribution in [3.63, 3.8) is 0 Å². The lowest BCUT2D eigenvalue weighted by atomic mass is 9.34. The Bertz CT molecular complexity index is 4560. The maximum Gasteiger partial charge on any atom is 0.260 e. The molecule has 2 aliphatic heterocycles. The zero-order valence-corrected chi connectivity index (χ0v) is 39.2. The van der Waals surface area contributed by atoms with Gasteiger partial charge in [-0.15, -0.1) is 0 Å². The van der Waals surface area contributed by atoms with Crippen LogP contribution < -0.4 is 25.9 Å². The molecule has 0 saturated carbocycles. The van der Waals surface area contributed by atoms with Crippen LogP contribution in [-0.4, -0.2) is 25.0 Å². The third kappa shape index (κ3) is 5.12. The monoisotopic (exact) mass is 930 g/mol. The molecule has 15 aromatic rings. The summed E-state index contributed by atoms with van der Waals surface area (Å²) >= 11 is 0. The molecule has 0 unspecified atom stereocenters. The summed E-state index contributed by atoms with van der Waals surface area (Å²) < 4.78 is 24.2. The third-order valence-corrected chi connectivity index (χ3v) is 15.9. The minimum Gasteiger partial charge on any atom is -0.456 e. The van der Waals surface area contributed by atoms with Crippen LogP contribution >= 0.6 is 0 Å². The van der Waals surface area contributed by atoms with Crippen molar-refractivity contribution < 1.29 is 9.47 Å².